The van der Waals surface area contributed by atoms with E-state index in [0.717, 1.165) is 28.4 Å². The van der Waals surface area contributed by atoms with Crippen molar-refractivity contribution in [1.29, 1.82) is 0 Å². The summed E-state index contributed by atoms with van der Waals surface area (Å²) in [6, 6.07) is 8.06. The second kappa shape index (κ2) is 5.15. The molecule has 2 bridgehead atoms. The molecule has 2 aliphatic rings. The van der Waals surface area contributed by atoms with Crippen molar-refractivity contribution in [3.63, 3.8) is 0 Å². The molecule has 2 aliphatic carbocycles. The topological polar surface area (TPSA) is 42.2 Å². The van der Waals surface area contributed by atoms with Crippen molar-refractivity contribution in [3.05, 3.63) is 35.6 Å². The molecule has 4 atom stereocenters. The number of hydrogen-bond acceptors (Lipinski definition) is 2. The van der Waals surface area contributed by atoms with Gasteiger partial charge in [-0.2, -0.15) is 0 Å². The number of benzene rings is 1. The molecule has 3 nitrogen and oxygen atoms in total. The van der Waals surface area contributed by atoms with Crippen molar-refractivity contribution in [1.82, 2.24) is 5.32 Å². The van der Waals surface area contributed by atoms with Crippen LogP contribution in [-0.4, -0.2) is 11.9 Å². The van der Waals surface area contributed by atoms with Gasteiger partial charge in [-0.1, -0.05) is 24.6 Å². The minimum absolute atomic E-state index is 0.0658. The van der Waals surface area contributed by atoms with E-state index in [4.69, 9.17) is 4.42 Å². The van der Waals surface area contributed by atoms with E-state index in [1.54, 1.807) is 0 Å². The fourth-order valence-corrected chi connectivity index (χ4v) is 4.68. The lowest BCUT2D eigenvalue weighted by Crippen LogP contribution is -2.40. The van der Waals surface area contributed by atoms with Gasteiger partial charge in [0, 0.05) is 17.0 Å². The number of para-hydroxylation sites is 1. The predicted octanol–water partition coefficient (Wildman–Crippen LogP) is 4.30. The smallest absolute Gasteiger partial charge is 0.287 e. The van der Waals surface area contributed by atoms with E-state index in [1.165, 1.54) is 25.7 Å². The van der Waals surface area contributed by atoms with Crippen LogP contribution in [0.5, 0.6) is 0 Å². The molecular weight excluding hydrogens is 274 g/mol. The Morgan fingerprint density at radius 1 is 1.27 bits per heavy atom. The number of rotatable bonds is 3. The van der Waals surface area contributed by atoms with Gasteiger partial charge in [-0.15, -0.1) is 0 Å². The normalized spacial score (nSPS) is 28.2. The zero-order chi connectivity index (χ0) is 15.3. The summed E-state index contributed by atoms with van der Waals surface area (Å²) in [4.78, 5) is 12.6. The molecule has 1 heterocycles. The maximum Gasteiger partial charge on any atom is 0.287 e. The van der Waals surface area contributed by atoms with E-state index in [9.17, 15) is 4.79 Å². The van der Waals surface area contributed by atoms with Gasteiger partial charge in [0.05, 0.1) is 0 Å². The van der Waals surface area contributed by atoms with E-state index in [1.807, 2.05) is 31.2 Å². The summed E-state index contributed by atoms with van der Waals surface area (Å²) in [5.74, 6) is 2.77. The Morgan fingerprint density at radius 3 is 2.77 bits per heavy atom. The van der Waals surface area contributed by atoms with Crippen LogP contribution in [0.4, 0.5) is 0 Å². The van der Waals surface area contributed by atoms with Crippen molar-refractivity contribution in [2.75, 3.05) is 0 Å². The van der Waals surface area contributed by atoms with Gasteiger partial charge in [0.1, 0.15) is 5.58 Å². The van der Waals surface area contributed by atoms with Crippen LogP contribution in [0.15, 0.2) is 28.7 Å². The van der Waals surface area contributed by atoms with Gasteiger partial charge < -0.3 is 9.73 Å². The molecule has 0 radical (unpaired) electrons. The zero-order valence-electron chi connectivity index (χ0n) is 13.3. The fourth-order valence-electron chi connectivity index (χ4n) is 4.68. The van der Waals surface area contributed by atoms with Crippen LogP contribution in [0.1, 0.15) is 48.7 Å². The Morgan fingerprint density at radius 2 is 2.09 bits per heavy atom. The van der Waals surface area contributed by atoms with Gasteiger partial charge in [0.25, 0.3) is 5.91 Å². The van der Waals surface area contributed by atoms with E-state index >= 15 is 0 Å². The second-order valence-electron chi connectivity index (χ2n) is 7.15. The highest BCUT2D eigenvalue weighted by Gasteiger charge is 2.42. The number of aryl methyl sites for hydroxylation is 1. The molecule has 2 saturated carbocycles. The van der Waals surface area contributed by atoms with E-state index in [-0.39, 0.29) is 11.9 Å². The highest BCUT2D eigenvalue weighted by atomic mass is 16.3. The number of carbonyl (C=O) groups is 1. The summed E-state index contributed by atoms with van der Waals surface area (Å²) in [6.07, 6.45) is 5.39. The summed E-state index contributed by atoms with van der Waals surface area (Å²) in [5.41, 5.74) is 1.73. The first-order valence-corrected chi connectivity index (χ1v) is 8.42. The Hall–Kier alpha value is -1.77. The maximum absolute atomic E-state index is 12.6. The number of nitrogens with one attached hydrogen (secondary N) is 1. The highest BCUT2D eigenvalue weighted by Crippen LogP contribution is 2.49. The lowest BCUT2D eigenvalue weighted by molar-refractivity contribution is 0.0888. The first kappa shape index (κ1) is 13.9. The van der Waals surface area contributed by atoms with E-state index in [0.29, 0.717) is 11.7 Å². The number of furan rings is 1. The van der Waals surface area contributed by atoms with Gasteiger partial charge in [0.2, 0.25) is 0 Å². The third kappa shape index (κ3) is 2.15. The van der Waals surface area contributed by atoms with Crippen LogP contribution >= 0.6 is 0 Å². The number of fused-ring (bicyclic) bond motifs is 3. The van der Waals surface area contributed by atoms with Crippen molar-refractivity contribution in [2.45, 2.75) is 45.6 Å². The van der Waals surface area contributed by atoms with Crippen LogP contribution in [0, 0.1) is 24.7 Å². The Balaban J connectivity index is 1.52. The molecule has 1 N–H and O–H groups in total. The molecular formula is C19H23NO2. The minimum Gasteiger partial charge on any atom is -0.451 e. The monoisotopic (exact) mass is 297 g/mol. The average Bonchev–Trinajstić information content (AvgIpc) is 3.22. The summed E-state index contributed by atoms with van der Waals surface area (Å²) >= 11 is 0. The van der Waals surface area contributed by atoms with Crippen LogP contribution in [0.2, 0.25) is 0 Å². The molecule has 1 amide bonds. The lowest BCUT2D eigenvalue weighted by atomic mass is 9.84. The molecule has 3 heteroatoms. The molecule has 22 heavy (non-hydrogen) atoms. The van der Waals surface area contributed by atoms with Gasteiger partial charge >= 0.3 is 0 Å². The highest BCUT2D eigenvalue weighted by molar-refractivity contribution is 5.99. The van der Waals surface area contributed by atoms with Gasteiger partial charge in [-0.05, 0) is 56.9 Å². The summed E-state index contributed by atoms with van der Waals surface area (Å²) < 4.78 is 5.77. The zero-order valence-corrected chi connectivity index (χ0v) is 13.3. The molecule has 1 aromatic heterocycles. The molecule has 116 valence electrons. The molecule has 0 spiro atoms. The average molecular weight is 297 g/mol. The van der Waals surface area contributed by atoms with Gasteiger partial charge in [-0.25, -0.2) is 0 Å². The first-order chi connectivity index (χ1) is 10.6. The maximum atomic E-state index is 12.6. The largest absolute Gasteiger partial charge is 0.451 e. The molecule has 4 rings (SSSR count). The summed E-state index contributed by atoms with van der Waals surface area (Å²) in [6.45, 7) is 4.12. The predicted molar refractivity (Wildman–Crippen MR) is 86.8 cm³/mol. The minimum atomic E-state index is -0.0658. The van der Waals surface area contributed by atoms with Crippen molar-refractivity contribution in [2.24, 2.45) is 17.8 Å². The van der Waals surface area contributed by atoms with Gasteiger partial charge in [-0.3, -0.25) is 4.79 Å². The molecule has 1 aromatic carbocycles. The SMILES string of the molecule is Cc1c(C(=O)NC(C)C2CC3CCC2C3)oc2ccccc12. The molecule has 2 fully saturated rings. The van der Waals surface area contributed by atoms with Crippen molar-refractivity contribution < 1.29 is 9.21 Å². The van der Waals surface area contributed by atoms with Crippen LogP contribution in [-0.2, 0) is 0 Å². The van der Waals surface area contributed by atoms with Crippen LogP contribution in [0.3, 0.4) is 0 Å². The number of amides is 1. The van der Waals surface area contributed by atoms with Gasteiger partial charge in [0.15, 0.2) is 5.76 Å². The molecule has 4 unspecified atom stereocenters. The molecule has 0 saturated heterocycles. The number of carbonyl (C=O) groups excluding carboxylic acids is 1. The fraction of sp³-hybridized carbons (Fsp3) is 0.526. The van der Waals surface area contributed by atoms with Crippen molar-refractivity contribution in [3.8, 4) is 0 Å². The third-order valence-corrected chi connectivity index (χ3v) is 5.84. The third-order valence-electron chi connectivity index (χ3n) is 5.84. The quantitative estimate of drug-likeness (QED) is 0.918. The lowest BCUT2D eigenvalue weighted by Gasteiger charge is -2.28. The van der Waals surface area contributed by atoms with Crippen LogP contribution in [0.25, 0.3) is 11.0 Å². The molecule has 0 aliphatic heterocycles. The molecule has 2 aromatic rings. The Bertz CT molecular complexity index is 717. The Kier molecular flexibility index (Phi) is 3.24. The standard InChI is InChI=1S/C19H23NO2/c1-11-15-5-3-4-6-17(15)22-18(11)19(21)20-12(2)16-10-13-7-8-14(16)9-13/h3-6,12-14,16H,7-10H2,1-2H3,(H,20,21). The van der Waals surface area contributed by atoms with Crippen LogP contribution < -0.4 is 5.32 Å². The Labute approximate surface area is 131 Å². The summed E-state index contributed by atoms with van der Waals surface area (Å²) in [5, 5.41) is 4.22. The van der Waals surface area contributed by atoms with E-state index in [2.05, 4.69) is 12.2 Å². The first-order valence-electron chi connectivity index (χ1n) is 8.42. The summed E-state index contributed by atoms with van der Waals surface area (Å²) in [7, 11) is 0. The van der Waals surface area contributed by atoms with E-state index < -0.39 is 0 Å². The number of hydrogen-bond donors (Lipinski definition) is 1. The second-order valence-corrected chi connectivity index (χ2v) is 7.15. The van der Waals surface area contributed by atoms with Crippen molar-refractivity contribution >= 4 is 16.9 Å².